The molecule has 0 aliphatic rings. The summed E-state index contributed by atoms with van der Waals surface area (Å²) in [6.07, 6.45) is 0. The van der Waals surface area contributed by atoms with Crippen LogP contribution in [0.3, 0.4) is 0 Å². The van der Waals surface area contributed by atoms with Gasteiger partial charge in [0.1, 0.15) is 5.82 Å². The molecule has 3 aromatic rings. The number of nitrogens with one attached hydrogen (secondary N) is 2. The topological polar surface area (TPSA) is 85.4 Å². The lowest BCUT2D eigenvalue weighted by Gasteiger charge is -2.22. The van der Waals surface area contributed by atoms with Crippen LogP contribution in [0.25, 0.3) is 10.9 Å². The second-order valence-corrected chi connectivity index (χ2v) is 8.03. The number of carbonyl (C=O) groups is 1. The molecule has 0 atom stereocenters. The minimum Gasteiger partial charge on any atom is -0.395 e. The zero-order valence-corrected chi connectivity index (χ0v) is 18.2. The number of fused-ring (bicyclic) bond motifs is 1. The van der Waals surface area contributed by atoms with Crippen LogP contribution in [-0.4, -0.2) is 34.2 Å². The number of pyridine rings is 1. The molecule has 1 aromatic heterocycles. The number of urea groups is 1. The number of halogens is 2. The summed E-state index contributed by atoms with van der Waals surface area (Å²) >= 11 is 1.93. The van der Waals surface area contributed by atoms with Gasteiger partial charge in [-0.05, 0) is 77.7 Å². The van der Waals surface area contributed by atoms with Crippen LogP contribution in [0.15, 0.2) is 41.2 Å². The van der Waals surface area contributed by atoms with E-state index in [1.165, 1.54) is 23.1 Å². The Bertz CT molecular complexity index is 1130. The summed E-state index contributed by atoms with van der Waals surface area (Å²) in [5.41, 5.74) is 3.40. The number of benzene rings is 2. The number of carbonyl (C=O) groups excluding carboxylic acids is 1. The second kappa shape index (κ2) is 8.91. The van der Waals surface area contributed by atoms with E-state index in [1.807, 2.05) is 48.6 Å². The Hall–Kier alpha value is -2.46. The van der Waals surface area contributed by atoms with Crippen LogP contribution in [0.4, 0.5) is 14.9 Å². The van der Waals surface area contributed by atoms with E-state index in [4.69, 9.17) is 0 Å². The first-order valence-electron chi connectivity index (χ1n) is 9.03. The summed E-state index contributed by atoms with van der Waals surface area (Å²) in [4.78, 5) is 29.5. The lowest BCUT2D eigenvalue weighted by molar-refractivity contribution is 0.185. The first-order valence-corrected chi connectivity index (χ1v) is 10.1. The Morgan fingerprint density at radius 1 is 1.24 bits per heavy atom. The minimum atomic E-state index is -0.483. The molecular formula is C21H21FIN3O3. The number of aryl methyl sites for hydroxylation is 2. The normalized spacial score (nSPS) is 10.9. The number of amides is 2. The summed E-state index contributed by atoms with van der Waals surface area (Å²) in [5, 5.41) is 13.0. The van der Waals surface area contributed by atoms with Crippen LogP contribution >= 0.6 is 22.6 Å². The fraction of sp³-hybridized carbons (Fsp3) is 0.238. The standard InChI is InChI=1S/C21H21FIN3O3/c1-12-7-13(2)19-14(8-12)9-15(20(28)25-19)11-26(5-6-27)21(29)24-18-4-3-16(22)10-17(18)23/h3-4,7-10,27H,5-6,11H2,1-2H3,(H,24,29)(H,25,28). The molecule has 3 N–H and O–H groups in total. The fourth-order valence-electron chi connectivity index (χ4n) is 3.21. The molecule has 6 nitrogen and oxygen atoms in total. The number of nitrogens with zero attached hydrogens (tertiary/aromatic N) is 1. The number of rotatable bonds is 5. The highest BCUT2D eigenvalue weighted by molar-refractivity contribution is 14.1. The molecule has 0 fully saturated rings. The molecule has 0 saturated heterocycles. The summed E-state index contributed by atoms with van der Waals surface area (Å²) in [5.74, 6) is -0.395. The monoisotopic (exact) mass is 509 g/mol. The van der Waals surface area contributed by atoms with Gasteiger partial charge in [0, 0.05) is 15.7 Å². The first kappa shape index (κ1) is 21.3. The average molecular weight is 509 g/mol. The number of aliphatic hydroxyl groups is 1. The third-order valence-electron chi connectivity index (χ3n) is 4.56. The zero-order valence-electron chi connectivity index (χ0n) is 16.1. The quantitative estimate of drug-likeness (QED) is 0.456. The highest BCUT2D eigenvalue weighted by Gasteiger charge is 2.17. The van der Waals surface area contributed by atoms with E-state index in [2.05, 4.69) is 10.3 Å². The van der Waals surface area contributed by atoms with Crippen molar-refractivity contribution in [3.63, 3.8) is 0 Å². The van der Waals surface area contributed by atoms with Crippen LogP contribution in [0, 0.1) is 23.2 Å². The Morgan fingerprint density at radius 3 is 2.69 bits per heavy atom. The number of hydrogen-bond acceptors (Lipinski definition) is 3. The maximum absolute atomic E-state index is 13.3. The van der Waals surface area contributed by atoms with Crippen molar-refractivity contribution in [2.45, 2.75) is 20.4 Å². The third kappa shape index (κ3) is 4.94. The number of anilines is 1. The molecule has 2 amide bonds. The highest BCUT2D eigenvalue weighted by Crippen LogP contribution is 2.21. The summed E-state index contributed by atoms with van der Waals surface area (Å²) in [6.45, 7) is 3.74. The number of aromatic nitrogens is 1. The smallest absolute Gasteiger partial charge is 0.322 e. The van der Waals surface area contributed by atoms with E-state index in [1.54, 1.807) is 6.07 Å². The minimum absolute atomic E-state index is 0.0302. The Morgan fingerprint density at radius 2 is 2.00 bits per heavy atom. The van der Waals surface area contributed by atoms with Crippen molar-refractivity contribution in [2.24, 2.45) is 0 Å². The van der Waals surface area contributed by atoms with Gasteiger partial charge in [-0.25, -0.2) is 9.18 Å². The molecule has 0 aliphatic carbocycles. The molecule has 0 radical (unpaired) electrons. The van der Waals surface area contributed by atoms with Crippen molar-refractivity contribution in [1.29, 1.82) is 0 Å². The second-order valence-electron chi connectivity index (χ2n) is 6.87. The van der Waals surface area contributed by atoms with Crippen molar-refractivity contribution < 1.29 is 14.3 Å². The molecule has 3 rings (SSSR count). The van der Waals surface area contributed by atoms with E-state index in [-0.39, 0.29) is 25.3 Å². The zero-order chi connectivity index (χ0) is 21.1. The first-order chi connectivity index (χ1) is 13.8. The van der Waals surface area contributed by atoms with Gasteiger partial charge in [0.25, 0.3) is 5.56 Å². The van der Waals surface area contributed by atoms with E-state index >= 15 is 0 Å². The van der Waals surface area contributed by atoms with E-state index < -0.39 is 11.8 Å². The van der Waals surface area contributed by atoms with Crippen LogP contribution in [0.5, 0.6) is 0 Å². The molecule has 29 heavy (non-hydrogen) atoms. The molecule has 0 spiro atoms. The van der Waals surface area contributed by atoms with Crippen molar-refractivity contribution in [1.82, 2.24) is 9.88 Å². The van der Waals surface area contributed by atoms with Gasteiger partial charge in [0.2, 0.25) is 0 Å². The van der Waals surface area contributed by atoms with Crippen molar-refractivity contribution in [2.75, 3.05) is 18.5 Å². The van der Waals surface area contributed by atoms with Gasteiger partial charge in [-0.15, -0.1) is 0 Å². The fourth-order valence-corrected chi connectivity index (χ4v) is 3.83. The molecule has 8 heteroatoms. The largest absolute Gasteiger partial charge is 0.395 e. The number of aliphatic hydroxyl groups excluding tert-OH is 1. The molecule has 152 valence electrons. The number of hydrogen-bond donors (Lipinski definition) is 3. The summed E-state index contributed by atoms with van der Waals surface area (Å²) in [7, 11) is 0. The number of H-pyrrole nitrogens is 1. The Balaban J connectivity index is 1.89. The summed E-state index contributed by atoms with van der Waals surface area (Å²) < 4.78 is 13.8. The molecule has 2 aromatic carbocycles. The van der Waals surface area contributed by atoms with Crippen molar-refractivity contribution >= 4 is 45.2 Å². The molecule has 0 bridgehead atoms. The Labute approximate surface area is 180 Å². The van der Waals surface area contributed by atoms with Gasteiger partial charge in [-0.2, -0.15) is 0 Å². The van der Waals surface area contributed by atoms with Crippen molar-refractivity contribution in [3.8, 4) is 0 Å². The SMILES string of the molecule is Cc1cc(C)c2[nH]c(=O)c(CN(CCO)C(=O)Nc3ccc(F)cc3I)cc2c1. The highest BCUT2D eigenvalue weighted by atomic mass is 127. The van der Waals surface area contributed by atoms with E-state index in [9.17, 15) is 19.1 Å². The molecule has 0 saturated carbocycles. The maximum Gasteiger partial charge on any atom is 0.322 e. The van der Waals surface area contributed by atoms with Gasteiger partial charge < -0.3 is 20.3 Å². The predicted octanol–water partition coefficient (Wildman–Crippen LogP) is 3.92. The van der Waals surface area contributed by atoms with Crippen LogP contribution in [0.1, 0.15) is 16.7 Å². The average Bonchev–Trinajstić information content (AvgIpc) is 2.64. The van der Waals surface area contributed by atoms with Gasteiger partial charge in [0.15, 0.2) is 0 Å². The van der Waals surface area contributed by atoms with Gasteiger partial charge >= 0.3 is 6.03 Å². The van der Waals surface area contributed by atoms with Gasteiger partial charge in [0.05, 0.1) is 24.4 Å². The summed E-state index contributed by atoms with van der Waals surface area (Å²) in [6, 6.07) is 9.29. The molecule has 1 heterocycles. The lowest BCUT2D eigenvalue weighted by atomic mass is 10.1. The predicted molar refractivity (Wildman–Crippen MR) is 120 cm³/mol. The lowest BCUT2D eigenvalue weighted by Crippen LogP contribution is -2.38. The van der Waals surface area contributed by atoms with E-state index in [0.717, 1.165) is 22.0 Å². The van der Waals surface area contributed by atoms with E-state index in [0.29, 0.717) is 14.8 Å². The van der Waals surface area contributed by atoms with Crippen molar-refractivity contribution in [3.05, 3.63) is 72.8 Å². The van der Waals surface area contributed by atoms with Gasteiger partial charge in [-0.1, -0.05) is 11.6 Å². The third-order valence-corrected chi connectivity index (χ3v) is 5.45. The van der Waals surface area contributed by atoms with Crippen LogP contribution in [0.2, 0.25) is 0 Å². The number of aromatic amines is 1. The molecule has 0 unspecified atom stereocenters. The van der Waals surface area contributed by atoms with Crippen LogP contribution in [-0.2, 0) is 6.54 Å². The van der Waals surface area contributed by atoms with Crippen LogP contribution < -0.4 is 10.9 Å². The molecule has 0 aliphatic heterocycles. The Kier molecular flexibility index (Phi) is 6.53. The van der Waals surface area contributed by atoms with Gasteiger partial charge in [-0.3, -0.25) is 4.79 Å². The molecular weight excluding hydrogens is 488 g/mol. The maximum atomic E-state index is 13.3.